The van der Waals surface area contributed by atoms with Gasteiger partial charge in [-0.2, -0.15) is 0 Å². The summed E-state index contributed by atoms with van der Waals surface area (Å²) in [6, 6.07) is 10.1. The molecular formula is C29H39F2N7O2S. The number of rotatable bonds is 11. The van der Waals surface area contributed by atoms with Crippen LogP contribution in [0, 0.1) is 24.5 Å². The van der Waals surface area contributed by atoms with Crippen molar-refractivity contribution in [3.05, 3.63) is 77.1 Å². The van der Waals surface area contributed by atoms with Gasteiger partial charge in [0.25, 0.3) is 0 Å². The minimum atomic E-state index is -0.628. The van der Waals surface area contributed by atoms with Gasteiger partial charge in [0.05, 0.1) is 19.1 Å². The lowest BCUT2D eigenvalue weighted by atomic mass is 9.88. The Morgan fingerprint density at radius 3 is 2.78 bits per heavy atom. The molecular weight excluding hydrogens is 548 g/mol. The van der Waals surface area contributed by atoms with Gasteiger partial charge in [0, 0.05) is 81.5 Å². The summed E-state index contributed by atoms with van der Waals surface area (Å²) in [5.41, 5.74) is 3.90. The minimum absolute atomic E-state index is 0.166. The number of nitrogens with one attached hydrogen (secondary N) is 3. The number of likely N-dealkylation sites (tertiary alicyclic amines) is 1. The maximum Gasteiger partial charge on any atom is 0.228 e. The first-order valence-corrected chi connectivity index (χ1v) is 15.0. The molecule has 5 rings (SSSR count). The summed E-state index contributed by atoms with van der Waals surface area (Å²) in [7, 11) is 0. The van der Waals surface area contributed by atoms with E-state index in [1.54, 1.807) is 0 Å². The minimum Gasteiger partial charge on any atom is -0.378 e. The summed E-state index contributed by atoms with van der Waals surface area (Å²) < 4.78 is 37.2. The molecule has 41 heavy (non-hydrogen) atoms. The van der Waals surface area contributed by atoms with Gasteiger partial charge < -0.3 is 30.1 Å². The molecule has 2 saturated heterocycles. The molecule has 2 fully saturated rings. The Balaban J connectivity index is 1.29. The molecule has 3 aliphatic heterocycles. The Labute approximate surface area is 244 Å². The normalized spacial score (nSPS) is 22.8. The summed E-state index contributed by atoms with van der Waals surface area (Å²) in [4.78, 5) is 20.3. The average Bonchev–Trinajstić information content (AvgIpc) is 3.59. The average molecular weight is 588 g/mol. The molecule has 3 aliphatic rings. The number of nitrogens with two attached hydrogens (primary N) is 1. The van der Waals surface area contributed by atoms with Crippen LogP contribution in [0.5, 0.6) is 0 Å². The van der Waals surface area contributed by atoms with E-state index in [-0.39, 0.29) is 11.8 Å². The van der Waals surface area contributed by atoms with Crippen molar-refractivity contribution >= 4 is 23.7 Å². The second-order valence-electron chi connectivity index (χ2n) is 10.8. The summed E-state index contributed by atoms with van der Waals surface area (Å²) in [6.45, 7) is 8.24. The number of benzene rings is 2. The lowest BCUT2D eigenvalue weighted by Crippen LogP contribution is -2.52. The third kappa shape index (κ3) is 7.31. The first-order valence-electron chi connectivity index (χ1n) is 14.1. The van der Waals surface area contributed by atoms with Crippen LogP contribution in [0.3, 0.4) is 0 Å². The number of amides is 1. The van der Waals surface area contributed by atoms with Crippen LogP contribution in [0.2, 0.25) is 0 Å². The number of carbonyl (C=O) groups excluding carboxylic acids is 1. The van der Waals surface area contributed by atoms with E-state index < -0.39 is 23.8 Å². The number of morpholine rings is 1. The molecule has 0 radical (unpaired) electrons. The molecule has 5 N–H and O–H groups in total. The highest BCUT2D eigenvalue weighted by Gasteiger charge is 2.40. The van der Waals surface area contributed by atoms with Crippen molar-refractivity contribution in [3.63, 3.8) is 0 Å². The van der Waals surface area contributed by atoms with Crippen LogP contribution in [0.4, 0.5) is 14.5 Å². The third-order valence-corrected chi connectivity index (χ3v) is 8.38. The van der Waals surface area contributed by atoms with Gasteiger partial charge in [-0.1, -0.05) is 18.2 Å². The van der Waals surface area contributed by atoms with Crippen molar-refractivity contribution in [3.8, 4) is 0 Å². The Bertz CT molecular complexity index is 1230. The fourth-order valence-electron chi connectivity index (χ4n) is 5.91. The van der Waals surface area contributed by atoms with Gasteiger partial charge in [-0.15, -0.1) is 0 Å². The van der Waals surface area contributed by atoms with E-state index in [0.29, 0.717) is 38.4 Å². The number of anilines is 1. The van der Waals surface area contributed by atoms with Crippen LogP contribution < -0.4 is 25.4 Å². The van der Waals surface area contributed by atoms with Crippen LogP contribution in [0.15, 0.2) is 48.8 Å². The smallest absolute Gasteiger partial charge is 0.228 e. The van der Waals surface area contributed by atoms with E-state index in [9.17, 15) is 13.6 Å². The fraction of sp³-hybridized carbons (Fsp3) is 0.483. The van der Waals surface area contributed by atoms with Gasteiger partial charge in [0.2, 0.25) is 5.91 Å². The monoisotopic (exact) mass is 587 g/mol. The molecule has 3 atom stereocenters. The molecule has 0 bridgehead atoms. The maximum atomic E-state index is 14.9. The third-order valence-electron chi connectivity index (χ3n) is 8.01. The number of aryl methyl sites for hydroxylation is 1. The molecule has 0 aliphatic carbocycles. The van der Waals surface area contributed by atoms with Crippen LogP contribution in [0.25, 0.3) is 0 Å². The van der Waals surface area contributed by atoms with Crippen molar-refractivity contribution in [2.75, 3.05) is 57.4 Å². The van der Waals surface area contributed by atoms with Gasteiger partial charge in [0.1, 0.15) is 11.6 Å². The summed E-state index contributed by atoms with van der Waals surface area (Å²) in [5, 5.41) is 11.8. The van der Waals surface area contributed by atoms with Gasteiger partial charge in [0.15, 0.2) is 6.29 Å². The first-order chi connectivity index (χ1) is 19.9. The number of halogens is 2. The molecule has 2 aromatic rings. The lowest BCUT2D eigenvalue weighted by Gasteiger charge is -2.33. The van der Waals surface area contributed by atoms with E-state index in [2.05, 4.69) is 55.2 Å². The SMILES string of the molecule is Cc1ccc(CN2C=CNC2NC(=O)[C@@H]2CN(CCCNSN)C[C@H]2c2ccc(F)cc2F)c(N2CCOCC2)c1. The Kier molecular flexibility index (Phi) is 9.99. The highest BCUT2D eigenvalue weighted by atomic mass is 32.2. The predicted octanol–water partition coefficient (Wildman–Crippen LogP) is 2.60. The van der Waals surface area contributed by atoms with Gasteiger partial charge in [-0.05, 0) is 48.7 Å². The molecule has 3 heterocycles. The molecule has 222 valence electrons. The van der Waals surface area contributed by atoms with Gasteiger partial charge in [-0.3, -0.25) is 14.7 Å². The molecule has 2 aromatic carbocycles. The number of hydrogen-bond donors (Lipinski definition) is 4. The molecule has 1 unspecified atom stereocenters. The summed E-state index contributed by atoms with van der Waals surface area (Å²) in [6.07, 6.45) is 4.16. The van der Waals surface area contributed by atoms with E-state index in [1.165, 1.54) is 23.4 Å². The van der Waals surface area contributed by atoms with Gasteiger partial charge >= 0.3 is 0 Å². The van der Waals surface area contributed by atoms with E-state index in [4.69, 9.17) is 9.88 Å². The second kappa shape index (κ2) is 13.8. The van der Waals surface area contributed by atoms with Crippen LogP contribution >= 0.6 is 12.1 Å². The molecule has 12 heteroatoms. The predicted molar refractivity (Wildman–Crippen MR) is 157 cm³/mol. The zero-order valence-corrected chi connectivity index (χ0v) is 24.1. The van der Waals surface area contributed by atoms with Crippen molar-refractivity contribution in [1.82, 2.24) is 25.2 Å². The summed E-state index contributed by atoms with van der Waals surface area (Å²) >= 11 is 1.07. The zero-order valence-electron chi connectivity index (χ0n) is 23.3. The molecule has 0 aromatic heterocycles. The van der Waals surface area contributed by atoms with Crippen molar-refractivity contribution in [2.45, 2.75) is 32.1 Å². The van der Waals surface area contributed by atoms with Crippen LogP contribution in [0.1, 0.15) is 29.0 Å². The Morgan fingerprint density at radius 2 is 2.00 bits per heavy atom. The second-order valence-corrected chi connectivity index (χ2v) is 11.3. The topological polar surface area (TPSA) is 98.1 Å². The van der Waals surface area contributed by atoms with Crippen LogP contribution in [-0.4, -0.2) is 74.5 Å². The highest BCUT2D eigenvalue weighted by molar-refractivity contribution is 7.95. The molecule has 0 saturated carbocycles. The van der Waals surface area contributed by atoms with Crippen molar-refractivity contribution in [1.29, 1.82) is 0 Å². The van der Waals surface area contributed by atoms with Gasteiger partial charge in [-0.25, -0.2) is 8.78 Å². The van der Waals surface area contributed by atoms with Crippen molar-refractivity contribution in [2.24, 2.45) is 11.1 Å². The van der Waals surface area contributed by atoms with Crippen LogP contribution in [-0.2, 0) is 16.1 Å². The summed E-state index contributed by atoms with van der Waals surface area (Å²) in [5.74, 6) is -2.29. The maximum absolute atomic E-state index is 14.9. The molecule has 9 nitrogen and oxygen atoms in total. The number of carbonyl (C=O) groups is 1. The Hall–Kier alpha value is -2.90. The van der Waals surface area contributed by atoms with Crippen molar-refractivity contribution < 1.29 is 18.3 Å². The van der Waals surface area contributed by atoms with E-state index >= 15 is 0 Å². The number of hydrogen-bond acceptors (Lipinski definition) is 9. The zero-order chi connectivity index (χ0) is 28.8. The first kappa shape index (κ1) is 29.6. The largest absolute Gasteiger partial charge is 0.378 e. The molecule has 0 spiro atoms. The Morgan fingerprint density at radius 1 is 1.17 bits per heavy atom. The highest BCUT2D eigenvalue weighted by Crippen LogP contribution is 2.35. The molecule has 1 amide bonds. The lowest BCUT2D eigenvalue weighted by molar-refractivity contribution is -0.126. The van der Waals surface area contributed by atoms with E-state index in [1.807, 2.05) is 12.4 Å². The van der Waals surface area contributed by atoms with E-state index in [0.717, 1.165) is 56.4 Å². The standard InChI is InChI=1S/C29H39F2N7O2S/c1-20-3-4-21(27(15-20)37-11-13-40-14-12-37)17-38-10-8-33-29(38)35-28(39)25-19-36(9-2-7-34-41-32)18-24(25)23-6-5-22(30)16-26(23)31/h3-6,8,10,15-16,24-25,29,33-34H,2,7,9,11-14,17-19,32H2,1H3,(H,35,39)/t24-,25+,29?/m0/s1. The number of ether oxygens (including phenoxy) is 1. The number of nitrogens with zero attached hydrogens (tertiary/aromatic N) is 3. The quantitative estimate of drug-likeness (QED) is 0.234. The fourth-order valence-corrected chi connectivity index (χ4v) is 6.17.